The largest absolute Gasteiger partial charge is 0.416 e. The van der Waals surface area contributed by atoms with Crippen LogP contribution in [0.2, 0.25) is 0 Å². The molecular weight excluding hydrogens is 361 g/mol. The van der Waals surface area contributed by atoms with Crippen LogP contribution >= 0.6 is 0 Å². The molecule has 26 heavy (non-hydrogen) atoms. The zero-order valence-electron chi connectivity index (χ0n) is 15.9. The molecule has 1 aliphatic carbocycles. The Balaban J connectivity index is 2.29. The first-order valence-corrected chi connectivity index (χ1v) is 10.6. The van der Waals surface area contributed by atoms with Crippen molar-refractivity contribution in [2.24, 2.45) is 5.92 Å². The van der Waals surface area contributed by atoms with E-state index in [4.69, 9.17) is 4.18 Å². The van der Waals surface area contributed by atoms with Crippen molar-refractivity contribution in [1.29, 1.82) is 0 Å². The number of rotatable bonds is 5. The summed E-state index contributed by atoms with van der Waals surface area (Å²) < 4.78 is 45.1. The van der Waals surface area contributed by atoms with Crippen LogP contribution in [0.15, 0.2) is 18.2 Å². The quantitative estimate of drug-likeness (QED) is 0.460. The number of hydrogen-bond acceptors (Lipinski definition) is 2. The first kappa shape index (κ1) is 21.3. The second kappa shape index (κ2) is 8.34. The van der Waals surface area contributed by atoms with E-state index in [1.165, 1.54) is 6.07 Å². The molecule has 1 fully saturated rings. The van der Waals surface area contributed by atoms with Crippen molar-refractivity contribution in [3.8, 4) is 0 Å². The molecule has 0 radical (unpaired) electrons. The van der Waals surface area contributed by atoms with E-state index in [2.05, 4.69) is 0 Å². The molecule has 0 saturated heterocycles. The fourth-order valence-corrected chi connectivity index (χ4v) is 3.70. The summed E-state index contributed by atoms with van der Waals surface area (Å²) in [5.74, 6) is -0.120. The number of benzene rings is 1. The first-order valence-electron chi connectivity index (χ1n) is 9.04. The van der Waals surface area contributed by atoms with Crippen LogP contribution in [0.4, 0.5) is 13.2 Å². The lowest BCUT2D eigenvalue weighted by molar-refractivity contribution is -0.137. The van der Waals surface area contributed by atoms with Crippen LogP contribution in [0.1, 0.15) is 74.4 Å². The lowest BCUT2D eigenvalue weighted by atomic mass is 9.82. The van der Waals surface area contributed by atoms with Crippen LogP contribution in [0.5, 0.6) is 0 Å². The van der Waals surface area contributed by atoms with Gasteiger partial charge in [-0.25, -0.2) is 0 Å². The van der Waals surface area contributed by atoms with Gasteiger partial charge in [0.2, 0.25) is 0 Å². The van der Waals surface area contributed by atoms with Gasteiger partial charge in [-0.2, -0.15) is 17.4 Å². The summed E-state index contributed by atoms with van der Waals surface area (Å²) in [4.78, 5) is 12.9. The summed E-state index contributed by atoms with van der Waals surface area (Å²) in [6.07, 6.45) is 2.27. The summed E-state index contributed by atoms with van der Waals surface area (Å²) in [6, 6.07) is 3.42. The third-order valence-electron chi connectivity index (χ3n) is 4.93. The summed E-state index contributed by atoms with van der Waals surface area (Å²) in [5.41, 5.74) is -0.00199. The highest BCUT2D eigenvalue weighted by Gasteiger charge is 2.35. The maximum absolute atomic E-state index is 13.1. The molecule has 0 N–H and O–H groups in total. The molecule has 1 aromatic carbocycles. The monoisotopic (exact) mass is 389 g/mol. The Morgan fingerprint density at radius 1 is 1.15 bits per heavy atom. The maximum Gasteiger partial charge on any atom is 0.416 e. The van der Waals surface area contributed by atoms with Crippen molar-refractivity contribution < 1.29 is 22.1 Å². The van der Waals surface area contributed by atoms with Crippen molar-refractivity contribution in [2.75, 3.05) is 6.26 Å². The average Bonchev–Trinajstić information content (AvgIpc) is 2.58. The van der Waals surface area contributed by atoms with E-state index < -0.39 is 22.9 Å². The third-order valence-corrected chi connectivity index (χ3v) is 7.12. The molecule has 1 aromatic rings. The molecule has 0 amide bonds. The molecule has 6 heteroatoms. The van der Waals surface area contributed by atoms with Crippen LogP contribution in [-0.4, -0.2) is 16.8 Å². The average molecular weight is 390 g/mol. The van der Waals surface area contributed by atoms with E-state index >= 15 is 0 Å². The van der Waals surface area contributed by atoms with Crippen LogP contribution < -0.4 is 0 Å². The molecule has 0 bridgehead atoms. The molecule has 1 aliphatic rings. The standard InChI is InChI=1S/C20H28F3O2S/c1-19(2,3)26(4)25-13-15-12-16(20(21,22)23)10-11-17(15)18(24)14-8-6-5-7-9-14/h10-12,14H,5-9,13H2,1-4H3/q+1. The Hall–Kier alpha value is -1.01. The maximum atomic E-state index is 13.1. The Bertz CT molecular complexity index is 629. The van der Waals surface area contributed by atoms with Crippen molar-refractivity contribution in [2.45, 2.75) is 70.4 Å². The first-order chi connectivity index (χ1) is 12.0. The van der Waals surface area contributed by atoms with Gasteiger partial charge in [0.25, 0.3) is 0 Å². The normalized spacial score (nSPS) is 18.0. The van der Waals surface area contributed by atoms with E-state index in [1.54, 1.807) is 0 Å². The van der Waals surface area contributed by atoms with Gasteiger partial charge in [0.05, 0.1) is 5.56 Å². The molecule has 1 unspecified atom stereocenters. The molecule has 2 nitrogen and oxygen atoms in total. The fourth-order valence-electron chi connectivity index (χ4n) is 3.04. The number of ketones is 1. The van der Waals surface area contributed by atoms with Crippen LogP contribution in [0.3, 0.4) is 0 Å². The summed E-state index contributed by atoms with van der Waals surface area (Å²) in [7, 11) is 0. The smallest absolute Gasteiger partial charge is 0.294 e. The predicted molar refractivity (Wildman–Crippen MR) is 100 cm³/mol. The molecular formula is C20H28F3O2S+. The van der Waals surface area contributed by atoms with E-state index in [-0.39, 0.29) is 23.1 Å². The Morgan fingerprint density at radius 3 is 2.31 bits per heavy atom. The number of carbonyl (C=O) groups excluding carboxylic acids is 1. The number of hydrogen-bond donors (Lipinski definition) is 0. The van der Waals surface area contributed by atoms with Gasteiger partial charge in [-0.05, 0) is 51.3 Å². The fraction of sp³-hybridized carbons (Fsp3) is 0.650. The lowest BCUT2D eigenvalue weighted by Crippen LogP contribution is -2.29. The van der Waals surface area contributed by atoms with Gasteiger partial charge >= 0.3 is 6.18 Å². The van der Waals surface area contributed by atoms with E-state index in [9.17, 15) is 18.0 Å². The summed E-state index contributed by atoms with van der Waals surface area (Å²) >= 11 is -0.434. The molecule has 1 saturated carbocycles. The zero-order chi connectivity index (χ0) is 19.5. The predicted octanol–water partition coefficient (Wildman–Crippen LogP) is 5.95. The minimum absolute atomic E-state index is 0.0224. The number of halogens is 3. The molecule has 0 spiro atoms. The molecule has 146 valence electrons. The number of Topliss-reactive ketones (excluding diaryl/α,β-unsaturated/α-hetero) is 1. The van der Waals surface area contributed by atoms with Gasteiger partial charge < -0.3 is 0 Å². The Labute approximate surface area is 157 Å². The molecule has 1 atom stereocenters. The highest BCUT2D eigenvalue weighted by atomic mass is 32.2. The van der Waals surface area contributed by atoms with Crippen molar-refractivity contribution in [3.05, 3.63) is 34.9 Å². The second-order valence-electron chi connectivity index (χ2n) is 7.90. The van der Waals surface area contributed by atoms with E-state index in [0.29, 0.717) is 11.1 Å². The zero-order valence-corrected chi connectivity index (χ0v) is 16.7. The highest BCUT2D eigenvalue weighted by molar-refractivity contribution is 7.92. The van der Waals surface area contributed by atoms with Gasteiger partial charge in [-0.15, -0.1) is 0 Å². The van der Waals surface area contributed by atoms with Gasteiger partial charge in [-0.3, -0.25) is 4.79 Å². The third kappa shape index (κ3) is 5.49. The Morgan fingerprint density at radius 2 is 1.77 bits per heavy atom. The minimum atomic E-state index is -4.43. The molecule has 0 aliphatic heterocycles. The van der Waals surface area contributed by atoms with Gasteiger partial charge in [0.1, 0.15) is 24.0 Å². The SMILES string of the molecule is C[S+](OCc1cc(C(F)(F)F)ccc1C(=O)C1CCCCC1)C(C)(C)C. The minimum Gasteiger partial charge on any atom is -0.294 e. The molecule has 2 rings (SSSR count). The van der Waals surface area contributed by atoms with Crippen LogP contribution in [0, 0.1) is 5.92 Å². The van der Waals surface area contributed by atoms with Crippen molar-refractivity contribution in [3.63, 3.8) is 0 Å². The van der Waals surface area contributed by atoms with E-state index in [0.717, 1.165) is 44.2 Å². The second-order valence-corrected chi connectivity index (χ2v) is 10.3. The van der Waals surface area contributed by atoms with Crippen LogP contribution in [-0.2, 0) is 28.1 Å². The van der Waals surface area contributed by atoms with E-state index in [1.807, 2.05) is 27.0 Å². The molecule has 0 aromatic heterocycles. The van der Waals surface area contributed by atoms with Crippen LogP contribution in [0.25, 0.3) is 0 Å². The number of alkyl halides is 3. The topological polar surface area (TPSA) is 26.3 Å². The van der Waals surface area contributed by atoms with Crippen molar-refractivity contribution >= 4 is 17.0 Å². The van der Waals surface area contributed by atoms with Gasteiger partial charge in [0.15, 0.2) is 10.5 Å². The lowest BCUT2D eigenvalue weighted by Gasteiger charge is -2.22. The summed E-state index contributed by atoms with van der Waals surface area (Å²) in [6.45, 7) is 6.09. The summed E-state index contributed by atoms with van der Waals surface area (Å²) in [5, 5.41) is 0. The van der Waals surface area contributed by atoms with Gasteiger partial charge in [0, 0.05) is 11.5 Å². The Kier molecular flexibility index (Phi) is 6.83. The highest BCUT2D eigenvalue weighted by Crippen LogP contribution is 2.33. The van der Waals surface area contributed by atoms with Gasteiger partial charge in [-0.1, -0.05) is 25.3 Å². The number of carbonyl (C=O) groups is 1. The molecule has 0 heterocycles. The van der Waals surface area contributed by atoms with Crippen molar-refractivity contribution in [1.82, 2.24) is 0 Å².